The Morgan fingerprint density at radius 3 is 3.12 bits per heavy atom. The van der Waals surface area contributed by atoms with E-state index in [2.05, 4.69) is 36.5 Å². The van der Waals surface area contributed by atoms with Crippen molar-refractivity contribution in [2.75, 3.05) is 6.54 Å². The zero-order chi connectivity index (χ0) is 11.0. The van der Waals surface area contributed by atoms with Crippen LogP contribution in [0.25, 0.3) is 0 Å². The van der Waals surface area contributed by atoms with Crippen LogP contribution in [0.1, 0.15) is 43.7 Å². The first-order valence-electron chi connectivity index (χ1n) is 6.68. The van der Waals surface area contributed by atoms with Crippen LogP contribution < -0.4 is 5.32 Å². The van der Waals surface area contributed by atoms with Gasteiger partial charge in [-0.15, -0.1) is 0 Å². The maximum atomic E-state index is 3.73. The van der Waals surface area contributed by atoms with Gasteiger partial charge in [0, 0.05) is 11.5 Å². The molecule has 2 atom stereocenters. The van der Waals surface area contributed by atoms with Crippen molar-refractivity contribution in [1.29, 1.82) is 0 Å². The molecule has 0 spiro atoms. The first-order chi connectivity index (χ1) is 7.87. The first-order valence-corrected chi connectivity index (χ1v) is 6.68. The molecule has 1 aromatic rings. The zero-order valence-corrected chi connectivity index (χ0v) is 10.1. The van der Waals surface area contributed by atoms with Crippen molar-refractivity contribution in [3.05, 3.63) is 35.4 Å². The molecule has 1 aliphatic carbocycles. The number of benzene rings is 1. The fraction of sp³-hybridized carbons (Fsp3) is 0.600. The molecule has 1 aliphatic heterocycles. The summed E-state index contributed by atoms with van der Waals surface area (Å²) >= 11 is 0. The summed E-state index contributed by atoms with van der Waals surface area (Å²) in [6.45, 7) is 3.53. The van der Waals surface area contributed by atoms with E-state index in [4.69, 9.17) is 0 Å². The van der Waals surface area contributed by atoms with Crippen molar-refractivity contribution in [1.82, 2.24) is 5.32 Å². The lowest BCUT2D eigenvalue weighted by atomic mass is 9.65. The van der Waals surface area contributed by atoms with Crippen LogP contribution in [-0.4, -0.2) is 12.6 Å². The highest BCUT2D eigenvalue weighted by Crippen LogP contribution is 2.45. The van der Waals surface area contributed by atoms with E-state index in [0.29, 0.717) is 5.41 Å². The van der Waals surface area contributed by atoms with E-state index in [-0.39, 0.29) is 0 Å². The molecule has 3 rings (SSSR count). The van der Waals surface area contributed by atoms with Crippen LogP contribution in [0, 0.1) is 0 Å². The maximum absolute atomic E-state index is 3.73. The van der Waals surface area contributed by atoms with Crippen LogP contribution in [0.2, 0.25) is 0 Å². The molecule has 2 unspecified atom stereocenters. The predicted octanol–water partition coefficient (Wildman–Crippen LogP) is 3.03. The Bertz CT molecular complexity index is 385. The molecular weight excluding hydrogens is 194 g/mol. The van der Waals surface area contributed by atoms with Crippen LogP contribution in [0.5, 0.6) is 0 Å². The second-order valence-electron chi connectivity index (χ2n) is 5.36. The van der Waals surface area contributed by atoms with E-state index < -0.39 is 0 Å². The Balaban J connectivity index is 2.09. The van der Waals surface area contributed by atoms with Crippen molar-refractivity contribution < 1.29 is 0 Å². The van der Waals surface area contributed by atoms with E-state index in [1.54, 1.807) is 11.1 Å². The molecular formula is C15H21N. The fourth-order valence-electron chi connectivity index (χ4n) is 3.94. The molecule has 1 heterocycles. The lowest BCUT2D eigenvalue weighted by molar-refractivity contribution is 0.305. The van der Waals surface area contributed by atoms with Crippen molar-refractivity contribution in [2.24, 2.45) is 0 Å². The minimum atomic E-state index is 0.462. The Morgan fingerprint density at radius 1 is 1.38 bits per heavy atom. The lowest BCUT2D eigenvalue weighted by Crippen LogP contribution is -2.44. The van der Waals surface area contributed by atoms with Gasteiger partial charge in [-0.1, -0.05) is 37.6 Å². The highest BCUT2D eigenvalue weighted by molar-refractivity contribution is 5.40. The van der Waals surface area contributed by atoms with Gasteiger partial charge in [0.15, 0.2) is 0 Å². The Labute approximate surface area is 98.3 Å². The van der Waals surface area contributed by atoms with E-state index in [1.807, 2.05) is 0 Å². The van der Waals surface area contributed by atoms with Gasteiger partial charge in [0.25, 0.3) is 0 Å². The van der Waals surface area contributed by atoms with E-state index in [9.17, 15) is 0 Å². The summed E-state index contributed by atoms with van der Waals surface area (Å²) in [5.74, 6) is 0. The number of hydrogen-bond acceptors (Lipinski definition) is 1. The molecule has 0 aromatic heterocycles. The van der Waals surface area contributed by atoms with Crippen molar-refractivity contribution >= 4 is 0 Å². The first kappa shape index (κ1) is 10.3. The molecule has 0 radical (unpaired) electrons. The van der Waals surface area contributed by atoms with Gasteiger partial charge in [0.1, 0.15) is 0 Å². The molecule has 1 aromatic carbocycles. The summed E-state index contributed by atoms with van der Waals surface area (Å²) in [6, 6.07) is 9.87. The van der Waals surface area contributed by atoms with Crippen LogP contribution in [0.15, 0.2) is 24.3 Å². The lowest BCUT2D eigenvalue weighted by Gasteiger charge is -2.41. The SMILES string of the molecule is CCCC12CCNC1CCc1ccccc12. The molecule has 2 aliphatic rings. The third-order valence-electron chi connectivity index (χ3n) is 4.58. The number of rotatable bonds is 2. The molecule has 0 amide bonds. The molecule has 1 heteroatoms. The van der Waals surface area contributed by atoms with Crippen molar-refractivity contribution in [3.8, 4) is 0 Å². The third-order valence-corrected chi connectivity index (χ3v) is 4.58. The smallest absolute Gasteiger partial charge is 0.0168 e. The second kappa shape index (κ2) is 3.89. The van der Waals surface area contributed by atoms with Crippen molar-refractivity contribution in [2.45, 2.75) is 50.5 Å². The fourth-order valence-corrected chi connectivity index (χ4v) is 3.94. The van der Waals surface area contributed by atoms with Gasteiger partial charge in [0.05, 0.1) is 0 Å². The number of nitrogens with one attached hydrogen (secondary N) is 1. The van der Waals surface area contributed by atoms with Crippen LogP contribution in [-0.2, 0) is 11.8 Å². The van der Waals surface area contributed by atoms with E-state index in [1.165, 1.54) is 38.6 Å². The number of hydrogen-bond donors (Lipinski definition) is 1. The minimum Gasteiger partial charge on any atom is -0.313 e. The monoisotopic (exact) mass is 215 g/mol. The standard InChI is InChI=1S/C15H21N/c1-2-9-15-10-11-16-14(15)8-7-12-5-3-4-6-13(12)15/h3-6,14,16H,2,7-11H2,1H3. The molecule has 1 saturated heterocycles. The molecule has 86 valence electrons. The summed E-state index contributed by atoms with van der Waals surface area (Å²) < 4.78 is 0. The van der Waals surface area contributed by atoms with Gasteiger partial charge in [-0.2, -0.15) is 0 Å². The normalized spacial score (nSPS) is 32.2. The summed E-state index contributed by atoms with van der Waals surface area (Å²) in [6.07, 6.45) is 6.58. The average molecular weight is 215 g/mol. The predicted molar refractivity (Wildman–Crippen MR) is 67.8 cm³/mol. The Hall–Kier alpha value is -0.820. The summed E-state index contributed by atoms with van der Waals surface area (Å²) in [5.41, 5.74) is 3.72. The Kier molecular flexibility index (Phi) is 2.51. The molecule has 1 nitrogen and oxygen atoms in total. The number of fused-ring (bicyclic) bond motifs is 3. The van der Waals surface area contributed by atoms with Crippen LogP contribution >= 0.6 is 0 Å². The zero-order valence-electron chi connectivity index (χ0n) is 10.1. The van der Waals surface area contributed by atoms with Gasteiger partial charge in [0.2, 0.25) is 0 Å². The van der Waals surface area contributed by atoms with Gasteiger partial charge in [-0.25, -0.2) is 0 Å². The van der Waals surface area contributed by atoms with Crippen molar-refractivity contribution in [3.63, 3.8) is 0 Å². The van der Waals surface area contributed by atoms with Crippen LogP contribution in [0.3, 0.4) is 0 Å². The quantitative estimate of drug-likeness (QED) is 0.799. The molecule has 1 fully saturated rings. The third kappa shape index (κ3) is 1.34. The summed E-state index contributed by atoms with van der Waals surface area (Å²) in [7, 11) is 0. The van der Waals surface area contributed by atoms with E-state index >= 15 is 0 Å². The molecule has 16 heavy (non-hydrogen) atoms. The average Bonchev–Trinajstić information content (AvgIpc) is 2.73. The van der Waals surface area contributed by atoms with E-state index in [0.717, 1.165) is 6.04 Å². The van der Waals surface area contributed by atoms with Gasteiger partial charge in [-0.05, 0) is 43.4 Å². The molecule has 1 N–H and O–H groups in total. The van der Waals surface area contributed by atoms with Gasteiger partial charge in [-0.3, -0.25) is 0 Å². The number of aryl methyl sites for hydroxylation is 1. The summed E-state index contributed by atoms with van der Waals surface area (Å²) in [4.78, 5) is 0. The molecule has 0 bridgehead atoms. The topological polar surface area (TPSA) is 12.0 Å². The van der Waals surface area contributed by atoms with Gasteiger partial charge < -0.3 is 5.32 Å². The minimum absolute atomic E-state index is 0.462. The second-order valence-corrected chi connectivity index (χ2v) is 5.36. The van der Waals surface area contributed by atoms with Crippen LogP contribution in [0.4, 0.5) is 0 Å². The molecule has 0 saturated carbocycles. The Morgan fingerprint density at radius 2 is 2.25 bits per heavy atom. The highest BCUT2D eigenvalue weighted by atomic mass is 15.0. The van der Waals surface area contributed by atoms with Gasteiger partial charge >= 0.3 is 0 Å². The largest absolute Gasteiger partial charge is 0.313 e. The highest BCUT2D eigenvalue weighted by Gasteiger charge is 2.46. The maximum Gasteiger partial charge on any atom is 0.0168 e. The summed E-state index contributed by atoms with van der Waals surface area (Å²) in [5, 5.41) is 3.73.